The fourth-order valence-electron chi connectivity index (χ4n) is 6.57. The van der Waals surface area contributed by atoms with Crippen LogP contribution in [0.15, 0.2) is 48.4 Å². The van der Waals surface area contributed by atoms with Crippen LogP contribution in [0.1, 0.15) is 59.9 Å². The molecule has 2 N–H and O–H groups in total. The third kappa shape index (κ3) is 7.86. The normalized spacial score (nSPS) is 33.6. The number of benzene rings is 1. The highest BCUT2D eigenvalue weighted by Crippen LogP contribution is 2.49. The summed E-state index contributed by atoms with van der Waals surface area (Å²) in [5, 5.41) is 15.1. The largest absolute Gasteiger partial charge is 0.495 e. The molecular formula is C36H52ClN3O8. The number of methoxy groups -OCH3 is 2. The van der Waals surface area contributed by atoms with Crippen molar-refractivity contribution >= 4 is 29.2 Å². The topological polar surface area (TPSA) is 122 Å². The summed E-state index contributed by atoms with van der Waals surface area (Å²) in [6.07, 6.45) is 3.40. The SMILES string of the molecule is C=C1N[C@]2(O)CC(O1)[C@@H](C)[C@@H]1O[C@@]1(C)[C@@H](OC(=O)[C@H](C)N(C)C(C)C)CC(=O)N(C)c1cc(cc(OC)c1Cl)C/C(C)=C/C=C/[C@H]2OC. The van der Waals surface area contributed by atoms with E-state index in [2.05, 4.69) is 11.9 Å². The average Bonchev–Trinajstić information content (AvgIpc) is 3.73. The smallest absolute Gasteiger partial charge is 0.323 e. The van der Waals surface area contributed by atoms with Crippen LogP contribution in [-0.2, 0) is 35.0 Å². The quantitative estimate of drug-likeness (QED) is 0.320. The van der Waals surface area contributed by atoms with E-state index in [1.165, 1.54) is 19.1 Å². The molecule has 12 heteroatoms. The molecule has 48 heavy (non-hydrogen) atoms. The molecule has 0 radical (unpaired) electrons. The number of halogens is 1. The van der Waals surface area contributed by atoms with Crippen molar-refractivity contribution in [2.24, 2.45) is 5.92 Å². The van der Waals surface area contributed by atoms with Crippen molar-refractivity contribution in [3.63, 3.8) is 0 Å². The summed E-state index contributed by atoms with van der Waals surface area (Å²) in [5.41, 5.74) is -0.212. The van der Waals surface area contributed by atoms with E-state index >= 15 is 0 Å². The zero-order chi connectivity index (χ0) is 35.7. The maximum Gasteiger partial charge on any atom is 0.323 e. The highest BCUT2D eigenvalue weighted by atomic mass is 35.5. The van der Waals surface area contributed by atoms with E-state index in [1.54, 1.807) is 20.0 Å². The summed E-state index contributed by atoms with van der Waals surface area (Å²) in [6.45, 7) is 15.5. The van der Waals surface area contributed by atoms with Gasteiger partial charge in [-0.25, -0.2) is 0 Å². The number of carbonyl (C=O) groups is 2. The number of epoxide rings is 1. The fraction of sp³-hybridized carbons (Fsp3) is 0.611. The molecule has 3 aliphatic heterocycles. The van der Waals surface area contributed by atoms with Crippen LogP contribution in [0.5, 0.6) is 5.75 Å². The molecule has 2 fully saturated rings. The van der Waals surface area contributed by atoms with Crippen LogP contribution in [0.2, 0.25) is 5.02 Å². The van der Waals surface area contributed by atoms with E-state index in [0.717, 1.165) is 11.1 Å². The molecule has 0 saturated carbocycles. The molecule has 4 rings (SSSR count). The van der Waals surface area contributed by atoms with Crippen molar-refractivity contribution in [2.75, 3.05) is 33.2 Å². The van der Waals surface area contributed by atoms with Gasteiger partial charge in [0.15, 0.2) is 11.6 Å². The van der Waals surface area contributed by atoms with E-state index < -0.39 is 47.8 Å². The zero-order valence-corrected chi connectivity index (χ0v) is 30.6. The number of carbonyl (C=O) groups excluding carboxylic acids is 2. The van der Waals surface area contributed by atoms with Gasteiger partial charge in [0, 0.05) is 32.5 Å². The minimum atomic E-state index is -1.53. The maximum atomic E-state index is 14.1. The number of anilines is 1. The van der Waals surface area contributed by atoms with Crippen molar-refractivity contribution in [3.8, 4) is 5.75 Å². The Kier molecular flexibility index (Phi) is 11.6. The Morgan fingerprint density at radius 2 is 1.96 bits per heavy atom. The predicted molar refractivity (Wildman–Crippen MR) is 185 cm³/mol. The van der Waals surface area contributed by atoms with Gasteiger partial charge in [0.2, 0.25) is 5.91 Å². The molecule has 11 nitrogen and oxygen atoms in total. The molecule has 0 spiro atoms. The second-order valence-electron chi connectivity index (χ2n) is 13.8. The lowest BCUT2D eigenvalue weighted by molar-refractivity contribution is -0.160. The maximum absolute atomic E-state index is 14.1. The van der Waals surface area contributed by atoms with Gasteiger partial charge in [-0.1, -0.05) is 42.3 Å². The van der Waals surface area contributed by atoms with Gasteiger partial charge in [-0.05, 0) is 72.4 Å². The number of allylic oxidation sites excluding steroid dienone is 3. The van der Waals surface area contributed by atoms with Gasteiger partial charge in [0.1, 0.15) is 40.7 Å². The molecule has 8 atom stereocenters. The van der Waals surface area contributed by atoms with Crippen LogP contribution in [0.25, 0.3) is 0 Å². The number of esters is 1. The van der Waals surface area contributed by atoms with Crippen LogP contribution in [0, 0.1) is 5.92 Å². The molecule has 2 saturated heterocycles. The van der Waals surface area contributed by atoms with Crippen molar-refractivity contribution in [1.82, 2.24) is 10.2 Å². The van der Waals surface area contributed by atoms with Crippen LogP contribution < -0.4 is 15.0 Å². The number of amides is 1. The Labute approximate surface area is 289 Å². The Hall–Kier alpha value is -3.09. The minimum Gasteiger partial charge on any atom is -0.495 e. The molecule has 1 unspecified atom stereocenters. The van der Waals surface area contributed by atoms with Crippen LogP contribution in [0.3, 0.4) is 0 Å². The van der Waals surface area contributed by atoms with Crippen molar-refractivity contribution in [1.29, 1.82) is 0 Å². The second-order valence-corrected chi connectivity index (χ2v) is 14.2. The van der Waals surface area contributed by atoms with Crippen molar-refractivity contribution < 1.29 is 38.4 Å². The molecule has 0 aliphatic carbocycles. The molecule has 1 amide bonds. The third-order valence-corrected chi connectivity index (χ3v) is 10.4. The van der Waals surface area contributed by atoms with Gasteiger partial charge in [-0.2, -0.15) is 0 Å². The Morgan fingerprint density at radius 1 is 1.27 bits per heavy atom. The summed E-state index contributed by atoms with van der Waals surface area (Å²) >= 11 is 6.76. The monoisotopic (exact) mass is 689 g/mol. The fourth-order valence-corrected chi connectivity index (χ4v) is 6.88. The number of likely N-dealkylation sites (N-methyl/N-ethyl adjacent to an activating group) is 1. The van der Waals surface area contributed by atoms with Gasteiger partial charge >= 0.3 is 5.97 Å². The molecule has 1 aromatic carbocycles. The first-order valence-corrected chi connectivity index (χ1v) is 16.8. The lowest BCUT2D eigenvalue weighted by Gasteiger charge is -2.44. The summed E-state index contributed by atoms with van der Waals surface area (Å²) in [7, 11) is 6.56. The highest BCUT2D eigenvalue weighted by Gasteiger charge is 2.64. The first-order chi connectivity index (χ1) is 22.4. The summed E-state index contributed by atoms with van der Waals surface area (Å²) in [5.74, 6) is -0.456. The number of ether oxygens (including phenoxy) is 5. The molecular weight excluding hydrogens is 638 g/mol. The molecule has 3 heterocycles. The van der Waals surface area contributed by atoms with E-state index in [4.69, 9.17) is 35.3 Å². The molecule has 1 aromatic rings. The Balaban J connectivity index is 1.79. The number of fused-ring (bicyclic) bond motifs is 5. The summed E-state index contributed by atoms with van der Waals surface area (Å²) in [6, 6.07) is 3.22. The van der Waals surface area contributed by atoms with Crippen molar-refractivity contribution in [2.45, 2.75) is 109 Å². The average molecular weight is 690 g/mol. The first kappa shape index (κ1) is 37.7. The molecule has 0 aromatic heterocycles. The van der Waals surface area contributed by atoms with Gasteiger partial charge in [0.05, 0.1) is 25.3 Å². The Morgan fingerprint density at radius 3 is 2.58 bits per heavy atom. The standard InChI is InChI=1S/C36H52ClN3O8/c1-20(2)39(8)23(5)34(42)47-30-18-31(41)40(9)26-16-25(17-27(44-10)32(26)37)15-21(3)13-12-14-29(45-11)36(43)19-28(46-24(6)38-36)22(4)33-35(30,7)48-33/h12-14,16-17,20,22-23,28-30,33,38,43H,6,15,18-19H2,1-5,7-11H3/b14-12+,21-13+/t22-,23+,28?,29-,30+,33+,35+,36+/m1/s1. The van der Waals surface area contributed by atoms with Gasteiger partial charge in [0.25, 0.3) is 0 Å². The Bertz CT molecular complexity index is 1450. The summed E-state index contributed by atoms with van der Waals surface area (Å²) < 4.78 is 29.9. The highest BCUT2D eigenvalue weighted by molar-refractivity contribution is 6.35. The number of hydrogen-bond donors (Lipinski definition) is 2. The van der Waals surface area contributed by atoms with Gasteiger partial charge in [-0.3, -0.25) is 14.5 Å². The number of nitrogens with one attached hydrogen (secondary N) is 1. The lowest BCUT2D eigenvalue weighted by atomic mass is 9.83. The zero-order valence-electron chi connectivity index (χ0n) is 29.8. The second kappa shape index (κ2) is 14.8. The predicted octanol–water partition coefficient (Wildman–Crippen LogP) is 4.75. The van der Waals surface area contributed by atoms with Gasteiger partial charge in [-0.15, -0.1) is 0 Å². The third-order valence-electron chi connectivity index (χ3n) is 10.0. The lowest BCUT2D eigenvalue weighted by Crippen LogP contribution is -2.60. The number of hydrogen-bond acceptors (Lipinski definition) is 10. The van der Waals surface area contributed by atoms with E-state index in [0.29, 0.717) is 22.9 Å². The number of rotatable bonds is 6. The van der Waals surface area contributed by atoms with E-state index in [9.17, 15) is 14.7 Å². The van der Waals surface area contributed by atoms with E-state index in [1.807, 2.05) is 70.9 Å². The van der Waals surface area contributed by atoms with Crippen molar-refractivity contribution in [3.05, 3.63) is 59.0 Å². The molecule has 266 valence electrons. The molecule has 3 aliphatic rings. The number of nitrogens with zero attached hydrogens (tertiary/aromatic N) is 2. The van der Waals surface area contributed by atoms with Gasteiger partial charge < -0.3 is 39.0 Å². The number of aliphatic hydroxyl groups is 1. The van der Waals surface area contributed by atoms with E-state index in [-0.39, 0.29) is 36.6 Å². The van der Waals surface area contributed by atoms with Crippen LogP contribution in [-0.4, -0.2) is 98.0 Å². The molecule has 4 bridgehead atoms. The first-order valence-electron chi connectivity index (χ1n) is 16.4. The summed E-state index contributed by atoms with van der Waals surface area (Å²) in [4.78, 5) is 31.0. The van der Waals surface area contributed by atoms with Crippen LogP contribution >= 0.6 is 11.6 Å². The minimum absolute atomic E-state index is 0.0906. The van der Waals surface area contributed by atoms with Crippen LogP contribution in [0.4, 0.5) is 5.69 Å².